The molecule has 3 amide bonds. The summed E-state index contributed by atoms with van der Waals surface area (Å²) in [4.78, 5) is 26.2. The second-order valence-electron chi connectivity index (χ2n) is 5.47. The molecule has 0 saturated heterocycles. The van der Waals surface area contributed by atoms with E-state index in [2.05, 4.69) is 5.32 Å². The summed E-state index contributed by atoms with van der Waals surface area (Å²) in [6, 6.07) is 15.6. The molecule has 0 bridgehead atoms. The predicted octanol–water partition coefficient (Wildman–Crippen LogP) is 4.10. The second kappa shape index (κ2) is 7.79. The fourth-order valence-electron chi connectivity index (χ4n) is 2.11. The van der Waals surface area contributed by atoms with Crippen molar-refractivity contribution in [3.8, 4) is 0 Å². The number of halogens is 1. The first-order valence-electron chi connectivity index (χ1n) is 7.39. The van der Waals surface area contributed by atoms with Gasteiger partial charge >= 0.3 is 6.03 Å². The number of imide groups is 1. The lowest BCUT2D eigenvalue weighted by Crippen LogP contribution is -2.45. The molecule has 2 aromatic rings. The van der Waals surface area contributed by atoms with Crippen LogP contribution in [0.3, 0.4) is 0 Å². The first-order chi connectivity index (χ1) is 11.0. The van der Waals surface area contributed by atoms with E-state index < -0.39 is 11.9 Å². The molecular formula is C18H19ClN2O2. The zero-order valence-corrected chi connectivity index (χ0v) is 13.9. The van der Waals surface area contributed by atoms with Crippen molar-refractivity contribution in [3.63, 3.8) is 0 Å². The number of carbonyl (C=O) groups is 2. The Labute approximate surface area is 141 Å². The largest absolute Gasteiger partial charge is 0.324 e. The van der Waals surface area contributed by atoms with Crippen molar-refractivity contribution in [2.24, 2.45) is 0 Å². The van der Waals surface area contributed by atoms with Gasteiger partial charge in [0.25, 0.3) is 5.91 Å². The topological polar surface area (TPSA) is 49.4 Å². The molecule has 0 atom stereocenters. The standard InChI is InChI=1S/C18H19ClN2O2/c1-13(2)21(12-14-6-4-3-5-7-14)18(23)20-17(22)15-8-10-16(19)11-9-15/h3-11,13H,12H2,1-2H3,(H,20,22,23). The summed E-state index contributed by atoms with van der Waals surface area (Å²) in [5, 5.41) is 2.96. The van der Waals surface area contributed by atoms with Gasteiger partial charge in [0, 0.05) is 23.2 Å². The van der Waals surface area contributed by atoms with E-state index in [9.17, 15) is 9.59 Å². The maximum atomic E-state index is 12.4. The van der Waals surface area contributed by atoms with Crippen LogP contribution in [-0.2, 0) is 6.54 Å². The van der Waals surface area contributed by atoms with E-state index in [1.54, 1.807) is 29.2 Å². The quantitative estimate of drug-likeness (QED) is 0.917. The molecule has 1 N–H and O–H groups in total. The third-order valence-corrected chi connectivity index (χ3v) is 3.66. The number of nitrogens with one attached hydrogen (secondary N) is 1. The Morgan fingerprint density at radius 3 is 2.22 bits per heavy atom. The zero-order valence-electron chi connectivity index (χ0n) is 13.1. The number of amides is 3. The molecule has 2 aromatic carbocycles. The lowest BCUT2D eigenvalue weighted by molar-refractivity contribution is 0.0945. The SMILES string of the molecule is CC(C)N(Cc1ccccc1)C(=O)NC(=O)c1ccc(Cl)cc1. The van der Waals surface area contributed by atoms with Crippen LogP contribution < -0.4 is 5.32 Å². The number of hydrogen-bond donors (Lipinski definition) is 1. The Morgan fingerprint density at radius 2 is 1.65 bits per heavy atom. The molecule has 0 heterocycles. The summed E-state index contributed by atoms with van der Waals surface area (Å²) in [7, 11) is 0. The van der Waals surface area contributed by atoms with Crippen molar-refractivity contribution in [2.75, 3.05) is 0 Å². The van der Waals surface area contributed by atoms with Gasteiger partial charge in [0.05, 0.1) is 0 Å². The minimum Gasteiger partial charge on any atom is -0.318 e. The summed E-state index contributed by atoms with van der Waals surface area (Å²) < 4.78 is 0. The van der Waals surface area contributed by atoms with Crippen LogP contribution in [0.5, 0.6) is 0 Å². The van der Waals surface area contributed by atoms with E-state index in [4.69, 9.17) is 11.6 Å². The van der Waals surface area contributed by atoms with Crippen molar-refractivity contribution in [2.45, 2.75) is 26.4 Å². The Hall–Kier alpha value is -2.33. The maximum absolute atomic E-state index is 12.4. The molecule has 0 radical (unpaired) electrons. The number of carbonyl (C=O) groups excluding carboxylic acids is 2. The van der Waals surface area contributed by atoms with Gasteiger partial charge in [0.15, 0.2) is 0 Å². The van der Waals surface area contributed by atoms with Gasteiger partial charge in [0.1, 0.15) is 0 Å². The van der Waals surface area contributed by atoms with Gasteiger partial charge in [0.2, 0.25) is 0 Å². The number of rotatable bonds is 4. The fraction of sp³-hybridized carbons (Fsp3) is 0.222. The molecule has 5 heteroatoms. The molecule has 0 aliphatic carbocycles. The minimum absolute atomic E-state index is 0.0341. The van der Waals surface area contributed by atoms with E-state index in [0.29, 0.717) is 17.1 Å². The van der Waals surface area contributed by atoms with E-state index >= 15 is 0 Å². The number of nitrogens with zero attached hydrogens (tertiary/aromatic N) is 1. The Balaban J connectivity index is 2.06. The molecular weight excluding hydrogens is 312 g/mol. The lowest BCUT2D eigenvalue weighted by atomic mass is 10.2. The van der Waals surface area contributed by atoms with Gasteiger partial charge in [-0.25, -0.2) is 4.79 Å². The molecule has 0 aliphatic heterocycles. The van der Waals surface area contributed by atoms with E-state index in [-0.39, 0.29) is 6.04 Å². The molecule has 0 saturated carbocycles. The van der Waals surface area contributed by atoms with Crippen molar-refractivity contribution < 1.29 is 9.59 Å². The summed E-state index contributed by atoms with van der Waals surface area (Å²) in [6.45, 7) is 4.27. The minimum atomic E-state index is -0.439. The summed E-state index contributed by atoms with van der Waals surface area (Å²) >= 11 is 5.80. The Kier molecular flexibility index (Phi) is 5.77. The molecule has 120 valence electrons. The van der Waals surface area contributed by atoms with E-state index in [1.807, 2.05) is 44.2 Å². The fourth-order valence-corrected chi connectivity index (χ4v) is 2.24. The van der Waals surface area contributed by atoms with Crippen molar-refractivity contribution in [1.82, 2.24) is 10.2 Å². The van der Waals surface area contributed by atoms with Crippen LogP contribution in [0.25, 0.3) is 0 Å². The normalized spacial score (nSPS) is 10.4. The highest BCUT2D eigenvalue weighted by Gasteiger charge is 2.20. The highest BCUT2D eigenvalue weighted by molar-refractivity contribution is 6.30. The van der Waals surface area contributed by atoms with Crippen LogP contribution in [0, 0.1) is 0 Å². The average molecular weight is 331 g/mol. The Bertz CT molecular complexity index is 669. The van der Waals surface area contributed by atoms with Crippen LogP contribution in [0.4, 0.5) is 4.79 Å². The highest BCUT2D eigenvalue weighted by Crippen LogP contribution is 2.11. The number of urea groups is 1. The van der Waals surface area contributed by atoms with Crippen LogP contribution in [-0.4, -0.2) is 22.9 Å². The van der Waals surface area contributed by atoms with Gasteiger partial charge < -0.3 is 4.90 Å². The monoisotopic (exact) mass is 330 g/mol. The smallest absolute Gasteiger partial charge is 0.318 e. The predicted molar refractivity (Wildman–Crippen MR) is 91.4 cm³/mol. The van der Waals surface area contributed by atoms with Gasteiger partial charge in [-0.1, -0.05) is 41.9 Å². The van der Waals surface area contributed by atoms with Crippen molar-refractivity contribution >= 4 is 23.5 Å². The van der Waals surface area contributed by atoms with Gasteiger partial charge in [-0.05, 0) is 43.7 Å². The van der Waals surface area contributed by atoms with Crippen LogP contribution in [0.15, 0.2) is 54.6 Å². The van der Waals surface area contributed by atoms with Crippen LogP contribution in [0.2, 0.25) is 5.02 Å². The van der Waals surface area contributed by atoms with Crippen molar-refractivity contribution in [1.29, 1.82) is 0 Å². The molecule has 23 heavy (non-hydrogen) atoms. The molecule has 2 rings (SSSR count). The Morgan fingerprint density at radius 1 is 1.04 bits per heavy atom. The number of benzene rings is 2. The van der Waals surface area contributed by atoms with E-state index in [0.717, 1.165) is 5.56 Å². The third-order valence-electron chi connectivity index (χ3n) is 3.41. The average Bonchev–Trinajstić information content (AvgIpc) is 2.53. The van der Waals surface area contributed by atoms with Gasteiger partial charge in [-0.3, -0.25) is 10.1 Å². The van der Waals surface area contributed by atoms with E-state index in [1.165, 1.54) is 0 Å². The van der Waals surface area contributed by atoms with Crippen LogP contribution in [0.1, 0.15) is 29.8 Å². The molecule has 0 aliphatic rings. The lowest BCUT2D eigenvalue weighted by Gasteiger charge is -2.26. The van der Waals surface area contributed by atoms with Gasteiger partial charge in [-0.2, -0.15) is 0 Å². The molecule has 0 unspecified atom stereocenters. The third kappa shape index (κ3) is 4.83. The number of hydrogen-bond acceptors (Lipinski definition) is 2. The second-order valence-corrected chi connectivity index (χ2v) is 5.91. The molecule has 4 nitrogen and oxygen atoms in total. The van der Waals surface area contributed by atoms with Crippen molar-refractivity contribution in [3.05, 3.63) is 70.7 Å². The van der Waals surface area contributed by atoms with Crippen LogP contribution >= 0.6 is 11.6 Å². The first-order valence-corrected chi connectivity index (χ1v) is 7.76. The maximum Gasteiger partial charge on any atom is 0.324 e. The zero-order chi connectivity index (χ0) is 16.8. The molecule has 0 spiro atoms. The first kappa shape index (κ1) is 17.0. The molecule has 0 aromatic heterocycles. The summed E-state index contributed by atoms with van der Waals surface area (Å²) in [5.74, 6) is -0.439. The highest BCUT2D eigenvalue weighted by atomic mass is 35.5. The molecule has 0 fully saturated rings. The summed E-state index contributed by atoms with van der Waals surface area (Å²) in [5.41, 5.74) is 1.40. The van der Waals surface area contributed by atoms with Gasteiger partial charge in [-0.15, -0.1) is 0 Å². The summed E-state index contributed by atoms with van der Waals surface area (Å²) in [6.07, 6.45) is 0.